The van der Waals surface area contributed by atoms with Crippen molar-refractivity contribution in [2.24, 2.45) is 0 Å². The van der Waals surface area contributed by atoms with Crippen LogP contribution in [0.2, 0.25) is 0 Å². The lowest BCUT2D eigenvalue weighted by molar-refractivity contribution is -0.133. The van der Waals surface area contributed by atoms with Crippen molar-refractivity contribution < 1.29 is 14.3 Å². The highest BCUT2D eigenvalue weighted by Crippen LogP contribution is 2.25. The molecule has 0 bridgehead atoms. The van der Waals surface area contributed by atoms with Gasteiger partial charge >= 0.3 is 5.97 Å². The topological polar surface area (TPSA) is 68.0 Å². The summed E-state index contributed by atoms with van der Waals surface area (Å²) in [5, 5.41) is 17.2. The second-order valence-corrected chi connectivity index (χ2v) is 5.67. The Balaban J connectivity index is 2.44. The Morgan fingerprint density at radius 1 is 1.50 bits per heavy atom. The van der Waals surface area contributed by atoms with Crippen LogP contribution >= 0.6 is 27.7 Å². The largest absolute Gasteiger partial charge is 0.481 e. The molecule has 0 radical (unpaired) electrons. The van der Waals surface area contributed by atoms with E-state index in [0.29, 0.717) is 27.6 Å². The Morgan fingerprint density at radius 2 is 2.25 bits per heavy atom. The van der Waals surface area contributed by atoms with Gasteiger partial charge in [0, 0.05) is 6.42 Å². The van der Waals surface area contributed by atoms with E-state index in [0.717, 1.165) is 11.8 Å². The van der Waals surface area contributed by atoms with Crippen molar-refractivity contribution in [2.75, 3.05) is 5.75 Å². The predicted octanol–water partition coefficient (Wildman–Crippen LogP) is 2.91. The number of carboxylic acid groups (broad SMARTS) is 1. The first kappa shape index (κ1) is 15.0. The smallest absolute Gasteiger partial charge is 0.313 e. The number of aliphatic carboxylic acids is 1. The molecular weight excluding hydrogens is 349 g/mol. The number of hydrogen-bond acceptors (Lipinski definition) is 4. The standard InChI is InChI=1S/C12H11BrFN3O2S/c1-2-10-15-16-12(20-6-11(18)19)17(10)7-3-4-9(14)8(13)5-7/h3-5H,2,6H2,1H3,(H,18,19). The lowest BCUT2D eigenvalue weighted by atomic mass is 10.3. The number of hydrogen-bond donors (Lipinski definition) is 1. The predicted molar refractivity (Wildman–Crippen MR) is 76.8 cm³/mol. The molecule has 0 aliphatic rings. The molecule has 0 atom stereocenters. The van der Waals surface area contributed by atoms with Gasteiger partial charge < -0.3 is 5.11 Å². The molecule has 1 heterocycles. The zero-order valence-electron chi connectivity index (χ0n) is 10.5. The molecule has 0 fully saturated rings. The monoisotopic (exact) mass is 359 g/mol. The second kappa shape index (κ2) is 6.36. The molecule has 1 aromatic carbocycles. The third-order valence-corrected chi connectivity index (χ3v) is 4.02. The molecule has 5 nitrogen and oxygen atoms in total. The van der Waals surface area contributed by atoms with Crippen molar-refractivity contribution >= 4 is 33.7 Å². The van der Waals surface area contributed by atoms with Gasteiger partial charge in [-0.15, -0.1) is 10.2 Å². The maximum Gasteiger partial charge on any atom is 0.313 e. The first-order chi connectivity index (χ1) is 9.52. The number of aromatic nitrogens is 3. The summed E-state index contributed by atoms with van der Waals surface area (Å²) < 4.78 is 15.4. The van der Waals surface area contributed by atoms with Crippen molar-refractivity contribution in [2.45, 2.75) is 18.5 Å². The molecule has 1 N–H and O–H groups in total. The summed E-state index contributed by atoms with van der Waals surface area (Å²) in [7, 11) is 0. The molecular formula is C12H11BrFN3O2S. The number of thioether (sulfide) groups is 1. The summed E-state index contributed by atoms with van der Waals surface area (Å²) in [5.74, 6) is -0.705. The minimum Gasteiger partial charge on any atom is -0.481 e. The molecule has 106 valence electrons. The second-order valence-electron chi connectivity index (χ2n) is 3.87. The van der Waals surface area contributed by atoms with Crippen LogP contribution in [-0.2, 0) is 11.2 Å². The molecule has 2 rings (SSSR count). The van der Waals surface area contributed by atoms with Crippen LogP contribution in [0.25, 0.3) is 5.69 Å². The number of rotatable bonds is 5. The zero-order valence-corrected chi connectivity index (χ0v) is 12.9. The van der Waals surface area contributed by atoms with E-state index in [1.54, 1.807) is 16.7 Å². The third kappa shape index (κ3) is 3.18. The van der Waals surface area contributed by atoms with E-state index >= 15 is 0 Å². The Hall–Kier alpha value is -1.41. The number of benzene rings is 1. The normalized spacial score (nSPS) is 10.8. The van der Waals surface area contributed by atoms with Gasteiger partial charge in [0.15, 0.2) is 5.16 Å². The Kier molecular flexibility index (Phi) is 4.77. The Labute approximate surface area is 127 Å². The summed E-state index contributed by atoms with van der Waals surface area (Å²) in [5.41, 5.74) is 0.688. The molecule has 0 saturated heterocycles. The molecule has 0 aliphatic carbocycles. The average molecular weight is 360 g/mol. The van der Waals surface area contributed by atoms with E-state index < -0.39 is 5.97 Å². The molecule has 0 aliphatic heterocycles. The lowest BCUT2D eigenvalue weighted by Gasteiger charge is -2.09. The van der Waals surface area contributed by atoms with Gasteiger partial charge in [-0.25, -0.2) is 4.39 Å². The molecule has 1 aromatic heterocycles. The number of nitrogens with zero attached hydrogens (tertiary/aromatic N) is 3. The molecule has 20 heavy (non-hydrogen) atoms. The zero-order chi connectivity index (χ0) is 14.7. The van der Waals surface area contributed by atoms with Crippen LogP contribution in [0.3, 0.4) is 0 Å². The molecule has 0 saturated carbocycles. The Bertz CT molecular complexity index is 648. The Morgan fingerprint density at radius 3 is 2.85 bits per heavy atom. The van der Waals surface area contributed by atoms with E-state index in [1.807, 2.05) is 6.92 Å². The summed E-state index contributed by atoms with van der Waals surface area (Å²) in [6, 6.07) is 4.56. The van der Waals surface area contributed by atoms with Crippen LogP contribution in [0.15, 0.2) is 27.8 Å². The fraction of sp³-hybridized carbons (Fsp3) is 0.250. The summed E-state index contributed by atoms with van der Waals surface area (Å²) >= 11 is 4.21. The SMILES string of the molecule is CCc1nnc(SCC(=O)O)n1-c1ccc(F)c(Br)c1. The van der Waals surface area contributed by atoms with Gasteiger partial charge in [0.05, 0.1) is 15.9 Å². The lowest BCUT2D eigenvalue weighted by Crippen LogP contribution is -2.04. The van der Waals surface area contributed by atoms with Gasteiger partial charge in [-0.1, -0.05) is 18.7 Å². The summed E-state index contributed by atoms with van der Waals surface area (Å²) in [6.45, 7) is 1.92. The van der Waals surface area contributed by atoms with Crippen LogP contribution in [0.1, 0.15) is 12.7 Å². The van der Waals surface area contributed by atoms with Crippen molar-refractivity contribution in [1.29, 1.82) is 0 Å². The van der Waals surface area contributed by atoms with Crippen LogP contribution in [0, 0.1) is 5.82 Å². The van der Waals surface area contributed by atoms with Gasteiger partial charge in [0.25, 0.3) is 0 Å². The highest BCUT2D eigenvalue weighted by molar-refractivity contribution is 9.10. The molecule has 8 heteroatoms. The summed E-state index contributed by atoms with van der Waals surface area (Å²) in [4.78, 5) is 10.7. The minimum atomic E-state index is -0.928. The van der Waals surface area contributed by atoms with E-state index in [2.05, 4.69) is 26.1 Å². The van der Waals surface area contributed by atoms with Crippen molar-refractivity contribution in [3.05, 3.63) is 34.3 Å². The molecule has 0 unspecified atom stereocenters. The fourth-order valence-corrected chi connectivity index (χ4v) is 2.69. The number of carboxylic acids is 1. The first-order valence-electron chi connectivity index (χ1n) is 5.77. The van der Waals surface area contributed by atoms with E-state index in [4.69, 9.17) is 5.11 Å². The van der Waals surface area contributed by atoms with Gasteiger partial charge in [0.1, 0.15) is 11.6 Å². The first-order valence-corrected chi connectivity index (χ1v) is 7.55. The van der Waals surface area contributed by atoms with Crippen LogP contribution in [0.5, 0.6) is 0 Å². The number of aryl methyl sites for hydroxylation is 1. The number of carbonyl (C=O) groups is 1. The molecule has 0 spiro atoms. The highest BCUT2D eigenvalue weighted by Gasteiger charge is 2.15. The van der Waals surface area contributed by atoms with Gasteiger partial charge in [-0.2, -0.15) is 0 Å². The van der Waals surface area contributed by atoms with E-state index in [9.17, 15) is 9.18 Å². The molecule has 2 aromatic rings. The van der Waals surface area contributed by atoms with Crippen LogP contribution in [0.4, 0.5) is 4.39 Å². The highest BCUT2D eigenvalue weighted by atomic mass is 79.9. The number of halogens is 2. The quantitative estimate of drug-likeness (QED) is 0.831. The van der Waals surface area contributed by atoms with Gasteiger partial charge in [0.2, 0.25) is 0 Å². The maximum atomic E-state index is 13.3. The van der Waals surface area contributed by atoms with Crippen LogP contribution in [-0.4, -0.2) is 31.6 Å². The van der Waals surface area contributed by atoms with E-state index in [1.165, 1.54) is 6.07 Å². The van der Waals surface area contributed by atoms with E-state index in [-0.39, 0.29) is 11.6 Å². The molecule has 0 amide bonds. The van der Waals surface area contributed by atoms with Crippen molar-refractivity contribution in [1.82, 2.24) is 14.8 Å². The average Bonchev–Trinajstić information content (AvgIpc) is 2.82. The van der Waals surface area contributed by atoms with Crippen molar-refractivity contribution in [3.8, 4) is 5.69 Å². The van der Waals surface area contributed by atoms with Gasteiger partial charge in [-0.3, -0.25) is 9.36 Å². The van der Waals surface area contributed by atoms with Crippen molar-refractivity contribution in [3.63, 3.8) is 0 Å². The summed E-state index contributed by atoms with van der Waals surface area (Å²) in [6.07, 6.45) is 0.635. The third-order valence-electron chi connectivity index (χ3n) is 2.50. The maximum absolute atomic E-state index is 13.3. The fourth-order valence-electron chi connectivity index (χ4n) is 1.63. The minimum absolute atomic E-state index is 0.107. The van der Waals surface area contributed by atoms with Gasteiger partial charge in [-0.05, 0) is 34.1 Å². The van der Waals surface area contributed by atoms with Crippen LogP contribution < -0.4 is 0 Å².